The highest BCUT2D eigenvalue weighted by molar-refractivity contribution is 5.84. The first-order valence-electron chi connectivity index (χ1n) is 4.43. The van der Waals surface area contributed by atoms with Gasteiger partial charge in [0.1, 0.15) is 5.78 Å². The van der Waals surface area contributed by atoms with Gasteiger partial charge >= 0.3 is 0 Å². The van der Waals surface area contributed by atoms with Gasteiger partial charge in [0, 0.05) is 6.42 Å². The molecule has 1 N–H and O–H groups in total. The van der Waals surface area contributed by atoms with Gasteiger partial charge in [-0.2, -0.15) is 0 Å². The van der Waals surface area contributed by atoms with Crippen LogP contribution in [-0.2, 0) is 9.59 Å². The van der Waals surface area contributed by atoms with Crippen LogP contribution in [0.1, 0.15) is 19.8 Å². The van der Waals surface area contributed by atoms with Gasteiger partial charge in [0.05, 0.1) is 6.54 Å². The van der Waals surface area contributed by atoms with Crippen molar-refractivity contribution in [1.29, 1.82) is 0 Å². The molecular formula is C9H18N2O2. The zero-order valence-electron chi connectivity index (χ0n) is 8.59. The third kappa shape index (κ3) is 9.01. The van der Waals surface area contributed by atoms with E-state index in [1.807, 2.05) is 19.0 Å². The molecule has 0 aromatic carbocycles. The lowest BCUT2D eigenvalue weighted by atomic mass is 10.3. The van der Waals surface area contributed by atoms with Gasteiger partial charge < -0.3 is 10.2 Å². The molecule has 0 aliphatic rings. The van der Waals surface area contributed by atoms with Gasteiger partial charge in [-0.25, -0.2) is 0 Å². The molecule has 0 spiro atoms. The Hall–Kier alpha value is -0.900. The summed E-state index contributed by atoms with van der Waals surface area (Å²) in [6, 6.07) is 0. The predicted molar refractivity (Wildman–Crippen MR) is 51.5 cm³/mol. The summed E-state index contributed by atoms with van der Waals surface area (Å²) in [5, 5.41) is 2.55. The SMILES string of the molecule is CC(=O)CNC(=O)CCCN(C)C. The van der Waals surface area contributed by atoms with Crippen LogP contribution in [0.3, 0.4) is 0 Å². The number of hydrogen-bond donors (Lipinski definition) is 1. The minimum atomic E-state index is -0.0444. The van der Waals surface area contributed by atoms with E-state index in [1.165, 1.54) is 6.92 Å². The molecule has 0 saturated heterocycles. The van der Waals surface area contributed by atoms with E-state index >= 15 is 0 Å². The van der Waals surface area contributed by atoms with Crippen molar-refractivity contribution in [3.8, 4) is 0 Å². The van der Waals surface area contributed by atoms with Gasteiger partial charge in [-0.15, -0.1) is 0 Å². The van der Waals surface area contributed by atoms with Crippen molar-refractivity contribution >= 4 is 11.7 Å². The fraction of sp³-hybridized carbons (Fsp3) is 0.778. The highest BCUT2D eigenvalue weighted by atomic mass is 16.2. The number of nitrogens with zero attached hydrogens (tertiary/aromatic N) is 1. The normalized spacial score (nSPS) is 10.2. The molecule has 0 aromatic heterocycles. The van der Waals surface area contributed by atoms with Crippen molar-refractivity contribution in [1.82, 2.24) is 10.2 Å². The average molecular weight is 186 g/mol. The van der Waals surface area contributed by atoms with Crippen molar-refractivity contribution in [2.24, 2.45) is 0 Å². The minimum absolute atomic E-state index is 0.0130. The smallest absolute Gasteiger partial charge is 0.220 e. The summed E-state index contributed by atoms with van der Waals surface area (Å²) in [6.07, 6.45) is 1.32. The number of hydrogen-bond acceptors (Lipinski definition) is 3. The summed E-state index contributed by atoms with van der Waals surface area (Å²) in [4.78, 5) is 23.6. The molecule has 0 rings (SSSR count). The van der Waals surface area contributed by atoms with Gasteiger partial charge in [0.25, 0.3) is 0 Å². The van der Waals surface area contributed by atoms with Crippen LogP contribution in [0.2, 0.25) is 0 Å². The Morgan fingerprint density at radius 2 is 1.92 bits per heavy atom. The number of Topliss-reactive ketones (excluding diaryl/α,β-unsaturated/α-hetero) is 1. The van der Waals surface area contributed by atoms with Crippen LogP contribution in [-0.4, -0.2) is 43.8 Å². The molecule has 13 heavy (non-hydrogen) atoms. The molecule has 76 valence electrons. The summed E-state index contributed by atoms with van der Waals surface area (Å²) in [5.41, 5.74) is 0. The van der Waals surface area contributed by atoms with Gasteiger partial charge in [0.15, 0.2) is 0 Å². The first-order valence-corrected chi connectivity index (χ1v) is 4.43. The molecule has 0 aliphatic heterocycles. The largest absolute Gasteiger partial charge is 0.349 e. The van der Waals surface area contributed by atoms with Gasteiger partial charge in [-0.05, 0) is 34.0 Å². The van der Waals surface area contributed by atoms with E-state index in [0.29, 0.717) is 6.42 Å². The predicted octanol–water partition coefficient (Wildman–Crippen LogP) is 0.0334. The Bertz CT molecular complexity index is 178. The summed E-state index contributed by atoms with van der Waals surface area (Å²) in [6.45, 7) is 2.51. The van der Waals surface area contributed by atoms with Crippen LogP contribution in [0.4, 0.5) is 0 Å². The van der Waals surface area contributed by atoms with Crippen LogP contribution < -0.4 is 5.32 Å². The number of carbonyl (C=O) groups excluding carboxylic acids is 2. The Morgan fingerprint density at radius 3 is 2.38 bits per heavy atom. The van der Waals surface area contributed by atoms with Crippen LogP contribution >= 0.6 is 0 Å². The van der Waals surface area contributed by atoms with Crippen LogP contribution in [0, 0.1) is 0 Å². The molecule has 0 aromatic rings. The van der Waals surface area contributed by atoms with Crippen molar-refractivity contribution in [3.63, 3.8) is 0 Å². The molecule has 4 heteroatoms. The summed E-state index contributed by atoms with van der Waals surface area (Å²) in [5.74, 6) is -0.0574. The summed E-state index contributed by atoms with van der Waals surface area (Å²) in [7, 11) is 3.93. The molecule has 4 nitrogen and oxygen atoms in total. The molecule has 0 atom stereocenters. The highest BCUT2D eigenvalue weighted by Gasteiger charge is 2.01. The van der Waals surface area contributed by atoms with E-state index in [4.69, 9.17) is 0 Å². The molecule has 0 bridgehead atoms. The van der Waals surface area contributed by atoms with E-state index in [9.17, 15) is 9.59 Å². The summed E-state index contributed by atoms with van der Waals surface area (Å²) >= 11 is 0. The monoisotopic (exact) mass is 186 g/mol. The van der Waals surface area contributed by atoms with Crippen molar-refractivity contribution < 1.29 is 9.59 Å². The average Bonchev–Trinajstić information content (AvgIpc) is 2.00. The van der Waals surface area contributed by atoms with E-state index in [-0.39, 0.29) is 18.2 Å². The fourth-order valence-corrected chi connectivity index (χ4v) is 0.867. The first-order chi connectivity index (χ1) is 6.02. The molecular weight excluding hydrogens is 168 g/mol. The van der Waals surface area contributed by atoms with Crippen LogP contribution in [0.5, 0.6) is 0 Å². The molecule has 0 aliphatic carbocycles. The Kier molecular flexibility index (Phi) is 6.14. The lowest BCUT2D eigenvalue weighted by molar-refractivity contribution is -0.124. The Labute approximate surface area is 79.3 Å². The fourth-order valence-electron chi connectivity index (χ4n) is 0.867. The number of ketones is 1. The second-order valence-electron chi connectivity index (χ2n) is 3.39. The van der Waals surface area contributed by atoms with Gasteiger partial charge in [0.2, 0.25) is 5.91 Å². The second-order valence-corrected chi connectivity index (χ2v) is 3.39. The van der Waals surface area contributed by atoms with E-state index in [1.54, 1.807) is 0 Å². The van der Waals surface area contributed by atoms with Crippen molar-refractivity contribution in [2.45, 2.75) is 19.8 Å². The minimum Gasteiger partial charge on any atom is -0.349 e. The maximum atomic E-state index is 11.0. The molecule has 0 fully saturated rings. The number of amides is 1. The van der Waals surface area contributed by atoms with Crippen LogP contribution in [0.25, 0.3) is 0 Å². The lowest BCUT2D eigenvalue weighted by Crippen LogP contribution is -2.28. The number of rotatable bonds is 6. The van der Waals surface area contributed by atoms with E-state index < -0.39 is 0 Å². The Morgan fingerprint density at radius 1 is 1.31 bits per heavy atom. The maximum Gasteiger partial charge on any atom is 0.220 e. The van der Waals surface area contributed by atoms with Crippen molar-refractivity contribution in [3.05, 3.63) is 0 Å². The first kappa shape index (κ1) is 12.1. The van der Waals surface area contributed by atoms with Crippen LogP contribution in [0.15, 0.2) is 0 Å². The lowest BCUT2D eigenvalue weighted by Gasteiger charge is -2.08. The maximum absolute atomic E-state index is 11.0. The second kappa shape index (κ2) is 6.60. The molecule has 0 saturated carbocycles. The zero-order valence-corrected chi connectivity index (χ0v) is 8.59. The number of nitrogens with one attached hydrogen (secondary N) is 1. The third-order valence-corrected chi connectivity index (χ3v) is 1.54. The zero-order chi connectivity index (χ0) is 10.3. The topological polar surface area (TPSA) is 49.4 Å². The van der Waals surface area contributed by atoms with Gasteiger partial charge in [-0.3, -0.25) is 9.59 Å². The third-order valence-electron chi connectivity index (χ3n) is 1.54. The molecule has 1 amide bonds. The summed E-state index contributed by atoms with van der Waals surface area (Å²) < 4.78 is 0. The van der Waals surface area contributed by atoms with Crippen molar-refractivity contribution in [2.75, 3.05) is 27.2 Å². The standard InChI is InChI=1S/C9H18N2O2/c1-8(12)7-10-9(13)5-4-6-11(2)3/h4-7H2,1-3H3,(H,10,13). The molecule has 0 radical (unpaired) electrons. The van der Waals surface area contributed by atoms with E-state index in [2.05, 4.69) is 5.32 Å². The van der Waals surface area contributed by atoms with E-state index in [0.717, 1.165) is 13.0 Å². The highest BCUT2D eigenvalue weighted by Crippen LogP contribution is 1.90. The Balaban J connectivity index is 3.36. The number of carbonyl (C=O) groups is 2. The molecule has 0 heterocycles. The van der Waals surface area contributed by atoms with Gasteiger partial charge in [-0.1, -0.05) is 0 Å². The molecule has 0 unspecified atom stereocenters. The quantitative estimate of drug-likeness (QED) is 0.637.